The Balaban J connectivity index is 0.000000200. The molecular weight excluding hydrogens is 281 g/mol. The summed E-state index contributed by atoms with van der Waals surface area (Å²) in [5, 5.41) is 0. The molecule has 0 aliphatic heterocycles. The molecule has 0 N–H and O–H groups in total. The predicted molar refractivity (Wildman–Crippen MR) is 74.2 cm³/mol. The third kappa shape index (κ3) is 5.00. The van der Waals surface area contributed by atoms with E-state index >= 15 is 0 Å². The summed E-state index contributed by atoms with van der Waals surface area (Å²) in [6.07, 6.45) is 4.43. The molecule has 0 aliphatic rings. The first-order valence-corrected chi connectivity index (χ1v) is 6.65. The van der Waals surface area contributed by atoms with Crippen LogP contribution in [0.15, 0.2) is 34.6 Å². The van der Waals surface area contributed by atoms with Crippen LogP contribution < -0.4 is 0 Å². The topological polar surface area (TPSA) is 38.1 Å². The molecule has 19 heavy (non-hydrogen) atoms. The van der Waals surface area contributed by atoms with Crippen molar-refractivity contribution in [3.05, 3.63) is 53.1 Å². The first-order valence-electron chi connectivity index (χ1n) is 6.21. The van der Waals surface area contributed by atoms with Crippen molar-refractivity contribution in [3.63, 3.8) is 0 Å². The number of rotatable bonds is 2. The molecule has 0 bridgehead atoms. The molecule has 0 amide bonds. The second-order valence-electron chi connectivity index (χ2n) is 4.34. The zero-order valence-electron chi connectivity index (χ0n) is 11.8. The van der Waals surface area contributed by atoms with E-state index in [1.807, 2.05) is 26.8 Å². The molecular formula is C15H19N3Ni. The van der Waals surface area contributed by atoms with E-state index in [0.29, 0.717) is 0 Å². The van der Waals surface area contributed by atoms with Gasteiger partial charge in [-0.25, -0.2) is 9.97 Å². The Bertz CT molecular complexity index is 515. The molecule has 104 valence electrons. The first-order chi connectivity index (χ1) is 9.08. The van der Waals surface area contributed by atoms with Crippen LogP contribution in [0.1, 0.15) is 29.4 Å². The maximum absolute atomic E-state index is 4.38. The third-order valence-electron chi connectivity index (χ3n) is 2.64. The van der Waals surface area contributed by atoms with Gasteiger partial charge in [0, 0.05) is 18.8 Å². The summed E-state index contributed by atoms with van der Waals surface area (Å²) >= 11 is 4.38. The van der Waals surface area contributed by atoms with E-state index in [-0.39, 0.29) is 0 Å². The summed E-state index contributed by atoms with van der Waals surface area (Å²) in [5.74, 6) is 0.910. The summed E-state index contributed by atoms with van der Waals surface area (Å²) < 4.78 is 3.84. The third-order valence-corrected chi connectivity index (χ3v) is 2.86. The molecule has 0 fully saturated rings. The number of hydrogen-bond acceptors (Lipinski definition) is 3. The Kier molecular flexibility index (Phi) is 6.51. The minimum absolute atomic E-state index is 0.910. The van der Waals surface area contributed by atoms with Crippen LogP contribution in [-0.4, -0.2) is 9.97 Å². The van der Waals surface area contributed by atoms with Crippen molar-refractivity contribution in [1.82, 2.24) is 9.97 Å². The van der Waals surface area contributed by atoms with Crippen molar-refractivity contribution >= 4 is 5.69 Å². The van der Waals surface area contributed by atoms with Crippen LogP contribution in [0, 0.1) is 20.8 Å². The van der Waals surface area contributed by atoms with E-state index in [2.05, 4.69) is 48.3 Å². The molecule has 0 spiro atoms. The standard InChI is InChI=1S/C9H11N.C6H8N2.Ni/c1-6-4-7(2)9(10)8(3)5-6;1-2-6-7-4-3-5-8-6;/h4-5H,1-3H3;3-5H,2H2,1H3;. The Labute approximate surface area is 122 Å². The number of benzene rings is 1. The molecule has 0 atom stereocenters. The van der Waals surface area contributed by atoms with Gasteiger partial charge in [0.1, 0.15) is 5.82 Å². The summed E-state index contributed by atoms with van der Waals surface area (Å²) in [6, 6.07) is 6.02. The van der Waals surface area contributed by atoms with Crippen molar-refractivity contribution in [1.29, 1.82) is 0 Å². The number of nitrogens with zero attached hydrogens (tertiary/aromatic N) is 3. The van der Waals surface area contributed by atoms with Crippen molar-refractivity contribution < 1.29 is 15.3 Å². The maximum atomic E-state index is 4.38. The van der Waals surface area contributed by atoms with Crippen molar-refractivity contribution in [2.75, 3.05) is 0 Å². The van der Waals surface area contributed by atoms with Gasteiger partial charge in [-0.05, 0) is 6.07 Å². The van der Waals surface area contributed by atoms with Crippen LogP contribution in [0.25, 0.3) is 0 Å². The van der Waals surface area contributed by atoms with E-state index in [1.165, 1.54) is 16.7 Å². The monoisotopic (exact) mass is 299 g/mol. The molecule has 2 aromatic rings. The number of aryl methyl sites for hydroxylation is 4. The van der Waals surface area contributed by atoms with Gasteiger partial charge in [0.15, 0.2) is 0 Å². The van der Waals surface area contributed by atoms with Gasteiger partial charge in [-0.1, -0.05) is 6.92 Å². The van der Waals surface area contributed by atoms with Crippen LogP contribution >= 0.6 is 0 Å². The van der Waals surface area contributed by atoms with E-state index in [0.717, 1.165) is 17.9 Å². The first kappa shape index (κ1) is 15.7. The van der Waals surface area contributed by atoms with Crippen LogP contribution in [0.5, 0.6) is 0 Å². The summed E-state index contributed by atoms with van der Waals surface area (Å²) in [6.45, 7) is 8.20. The Morgan fingerprint density at radius 1 is 1.05 bits per heavy atom. The van der Waals surface area contributed by atoms with Gasteiger partial charge in [0.2, 0.25) is 0 Å². The molecule has 0 radical (unpaired) electrons. The van der Waals surface area contributed by atoms with E-state index < -0.39 is 0 Å². The molecule has 4 heteroatoms. The number of aromatic nitrogens is 2. The average Bonchev–Trinajstić information content (AvgIpc) is 2.40. The second kappa shape index (κ2) is 7.90. The van der Waals surface area contributed by atoms with Gasteiger partial charge in [-0.15, -0.1) is 0 Å². The van der Waals surface area contributed by atoms with Crippen molar-refractivity contribution in [2.45, 2.75) is 34.1 Å². The van der Waals surface area contributed by atoms with Gasteiger partial charge >= 0.3 is 74.6 Å². The Morgan fingerprint density at radius 2 is 1.58 bits per heavy atom. The van der Waals surface area contributed by atoms with Crippen molar-refractivity contribution in [2.24, 2.45) is 4.03 Å². The second-order valence-corrected chi connectivity index (χ2v) is 4.56. The molecule has 1 aromatic heterocycles. The Hall–Kier alpha value is -1.41. The van der Waals surface area contributed by atoms with E-state index in [1.54, 1.807) is 12.4 Å². The zero-order chi connectivity index (χ0) is 14.3. The predicted octanol–water partition coefficient (Wildman–Crippen LogP) is 4.01. The summed E-state index contributed by atoms with van der Waals surface area (Å²) in [5.41, 5.74) is 4.59. The van der Waals surface area contributed by atoms with Gasteiger partial charge in [0.25, 0.3) is 0 Å². The fourth-order valence-corrected chi connectivity index (χ4v) is 2.14. The average molecular weight is 300 g/mol. The Morgan fingerprint density at radius 3 is 1.95 bits per heavy atom. The van der Waals surface area contributed by atoms with E-state index in [9.17, 15) is 0 Å². The molecule has 1 aromatic carbocycles. The molecule has 1 heterocycles. The normalized spacial score (nSPS) is 9.58. The quantitative estimate of drug-likeness (QED) is 0.786. The number of hydrogen-bond donors (Lipinski definition) is 0. The van der Waals surface area contributed by atoms with Gasteiger partial charge in [-0.2, -0.15) is 0 Å². The fourth-order valence-electron chi connectivity index (χ4n) is 1.80. The van der Waals surface area contributed by atoms with Crippen molar-refractivity contribution in [3.8, 4) is 0 Å². The zero-order valence-corrected chi connectivity index (χ0v) is 12.7. The van der Waals surface area contributed by atoms with E-state index in [4.69, 9.17) is 0 Å². The minimum atomic E-state index is 0.910. The molecule has 3 nitrogen and oxygen atoms in total. The summed E-state index contributed by atoms with van der Waals surface area (Å²) in [7, 11) is 0. The van der Waals surface area contributed by atoms with Gasteiger partial charge < -0.3 is 0 Å². The molecule has 2 rings (SSSR count). The van der Waals surface area contributed by atoms with Crippen LogP contribution in [0.2, 0.25) is 0 Å². The SMILES string of the molecule is CCc1ncccn1.Cc1cc(C)c([N]=[Ni])c(C)c1. The van der Waals surface area contributed by atoms with Gasteiger partial charge in [0.05, 0.1) is 0 Å². The molecule has 0 aliphatic carbocycles. The summed E-state index contributed by atoms with van der Waals surface area (Å²) in [4.78, 5) is 7.97. The van der Waals surface area contributed by atoms with Crippen LogP contribution in [-0.2, 0) is 21.7 Å². The van der Waals surface area contributed by atoms with Crippen LogP contribution in [0.3, 0.4) is 0 Å². The fraction of sp³-hybridized carbons (Fsp3) is 0.333. The molecule has 0 saturated heterocycles. The van der Waals surface area contributed by atoms with Crippen LogP contribution in [0.4, 0.5) is 5.69 Å². The molecule has 0 saturated carbocycles. The van der Waals surface area contributed by atoms with Gasteiger partial charge in [-0.3, -0.25) is 0 Å². The molecule has 0 unspecified atom stereocenters.